The van der Waals surface area contributed by atoms with Gasteiger partial charge in [-0.1, -0.05) is 13.0 Å². The molecule has 0 saturated carbocycles. The van der Waals surface area contributed by atoms with Crippen molar-refractivity contribution in [2.45, 2.75) is 24.5 Å². The second-order valence-electron chi connectivity index (χ2n) is 4.29. The Morgan fingerprint density at radius 3 is 2.75 bits per heavy atom. The summed E-state index contributed by atoms with van der Waals surface area (Å²) in [5.74, 6) is 0.00138. The minimum atomic E-state index is -3.64. The molecule has 2 aromatic heterocycles. The number of rotatable bonds is 6. The second-order valence-corrected chi connectivity index (χ2v) is 6.93. The van der Waals surface area contributed by atoms with E-state index in [0.717, 1.165) is 5.01 Å². The molecule has 2 N–H and O–H groups in total. The average Bonchev–Trinajstić information content (AvgIpc) is 2.99. The van der Waals surface area contributed by atoms with E-state index in [0.29, 0.717) is 5.56 Å². The lowest BCUT2D eigenvalue weighted by molar-refractivity contribution is 0.281. The lowest BCUT2D eigenvalue weighted by atomic mass is 10.2. The molecule has 0 bridgehead atoms. The predicted octanol–water partition coefficient (Wildman–Crippen LogP) is 1.11. The van der Waals surface area contributed by atoms with E-state index in [1.807, 2.05) is 12.3 Å². The smallest absolute Gasteiger partial charge is 0.258 e. The van der Waals surface area contributed by atoms with Crippen LogP contribution in [0.4, 0.5) is 0 Å². The normalized spacial score (nSPS) is 13.3. The van der Waals surface area contributed by atoms with Crippen molar-refractivity contribution in [3.63, 3.8) is 0 Å². The summed E-state index contributed by atoms with van der Waals surface area (Å²) in [7, 11) is -3.64. The molecule has 0 saturated heterocycles. The number of aliphatic hydroxyl groups excluding tert-OH is 1. The molecule has 0 amide bonds. The molecule has 0 aliphatic heterocycles. The van der Waals surface area contributed by atoms with Gasteiger partial charge in [0.15, 0.2) is 5.03 Å². The van der Waals surface area contributed by atoms with Gasteiger partial charge in [-0.15, -0.1) is 11.3 Å². The van der Waals surface area contributed by atoms with Crippen molar-refractivity contribution in [1.82, 2.24) is 14.7 Å². The van der Waals surface area contributed by atoms with E-state index < -0.39 is 10.0 Å². The second kappa shape index (κ2) is 6.40. The van der Waals surface area contributed by atoms with E-state index in [9.17, 15) is 8.42 Å². The van der Waals surface area contributed by atoms with Crippen LogP contribution >= 0.6 is 11.3 Å². The fourth-order valence-corrected chi connectivity index (χ4v) is 3.29. The highest BCUT2D eigenvalue weighted by atomic mass is 32.2. The van der Waals surface area contributed by atoms with E-state index in [4.69, 9.17) is 5.11 Å². The summed E-state index contributed by atoms with van der Waals surface area (Å²) in [4.78, 5) is 7.99. The minimum absolute atomic E-state index is 0.00138. The number of hydrogen-bond acceptors (Lipinski definition) is 6. The fraction of sp³-hybridized carbons (Fsp3) is 0.333. The largest absolute Gasteiger partial charge is 0.392 e. The summed E-state index contributed by atoms with van der Waals surface area (Å²) in [5, 5.41) is 11.6. The van der Waals surface area contributed by atoms with E-state index >= 15 is 0 Å². The number of pyridine rings is 1. The van der Waals surface area contributed by atoms with E-state index in [2.05, 4.69) is 14.7 Å². The van der Waals surface area contributed by atoms with Gasteiger partial charge in [-0.05, 0) is 11.6 Å². The number of thiazole rings is 1. The first-order valence-corrected chi connectivity index (χ1v) is 8.34. The van der Waals surface area contributed by atoms with Crippen LogP contribution in [0.15, 0.2) is 34.9 Å². The Morgan fingerprint density at radius 2 is 2.20 bits per heavy atom. The summed E-state index contributed by atoms with van der Waals surface area (Å²) < 4.78 is 26.6. The van der Waals surface area contributed by atoms with Crippen LogP contribution in [0.25, 0.3) is 0 Å². The van der Waals surface area contributed by atoms with Crippen LogP contribution in [0.3, 0.4) is 0 Å². The van der Waals surface area contributed by atoms with Crippen molar-refractivity contribution < 1.29 is 13.5 Å². The highest BCUT2D eigenvalue weighted by molar-refractivity contribution is 7.89. The van der Waals surface area contributed by atoms with E-state index in [-0.39, 0.29) is 24.1 Å². The highest BCUT2D eigenvalue weighted by Gasteiger charge is 2.18. The molecule has 0 aromatic carbocycles. The van der Waals surface area contributed by atoms with Gasteiger partial charge < -0.3 is 5.11 Å². The standard InChI is InChI=1S/C12H15N3O3S2/c1-9(12-13-4-5-19-12)6-15-20(17,18)11-3-2-10(8-16)7-14-11/h2-5,7,9,15-16H,6,8H2,1H3. The van der Waals surface area contributed by atoms with Gasteiger partial charge in [-0.25, -0.2) is 23.1 Å². The number of hydrogen-bond donors (Lipinski definition) is 2. The number of aliphatic hydroxyl groups is 1. The van der Waals surface area contributed by atoms with Crippen molar-refractivity contribution in [3.05, 3.63) is 40.5 Å². The van der Waals surface area contributed by atoms with Crippen molar-refractivity contribution in [1.29, 1.82) is 0 Å². The summed E-state index contributed by atoms with van der Waals surface area (Å²) in [6.45, 7) is 2.00. The molecule has 2 aromatic rings. The lowest BCUT2D eigenvalue weighted by Crippen LogP contribution is -2.28. The summed E-state index contributed by atoms with van der Waals surface area (Å²) in [6, 6.07) is 2.91. The first-order valence-electron chi connectivity index (χ1n) is 5.98. The van der Waals surface area contributed by atoms with Gasteiger partial charge in [0.2, 0.25) is 0 Å². The molecule has 20 heavy (non-hydrogen) atoms. The number of nitrogens with zero attached hydrogens (tertiary/aromatic N) is 2. The first kappa shape index (κ1) is 15.0. The Morgan fingerprint density at radius 1 is 1.40 bits per heavy atom. The zero-order valence-corrected chi connectivity index (χ0v) is 12.5. The monoisotopic (exact) mass is 313 g/mol. The maximum atomic E-state index is 12.1. The van der Waals surface area contributed by atoms with Gasteiger partial charge >= 0.3 is 0 Å². The molecule has 0 spiro atoms. The first-order chi connectivity index (χ1) is 9.53. The molecule has 2 heterocycles. The fourth-order valence-electron chi connectivity index (χ4n) is 1.54. The molecule has 1 unspecified atom stereocenters. The molecule has 0 aliphatic rings. The van der Waals surface area contributed by atoms with Gasteiger partial charge in [-0.3, -0.25) is 0 Å². The van der Waals surface area contributed by atoms with Crippen molar-refractivity contribution in [3.8, 4) is 0 Å². The third-order valence-electron chi connectivity index (χ3n) is 2.71. The third kappa shape index (κ3) is 3.60. The van der Waals surface area contributed by atoms with Crippen molar-refractivity contribution >= 4 is 21.4 Å². The molecule has 6 nitrogen and oxygen atoms in total. The zero-order chi connectivity index (χ0) is 14.6. The maximum absolute atomic E-state index is 12.1. The van der Waals surface area contributed by atoms with E-state index in [1.165, 1.54) is 29.7 Å². The van der Waals surface area contributed by atoms with Crippen LogP contribution in [0.1, 0.15) is 23.4 Å². The molecule has 0 aliphatic carbocycles. The number of nitrogens with one attached hydrogen (secondary N) is 1. The highest BCUT2D eigenvalue weighted by Crippen LogP contribution is 2.17. The van der Waals surface area contributed by atoms with Crippen LogP contribution in [-0.2, 0) is 16.6 Å². The molecule has 0 fully saturated rings. The summed E-state index contributed by atoms with van der Waals surface area (Å²) >= 11 is 1.49. The molecule has 2 rings (SSSR count). The van der Waals surface area contributed by atoms with Crippen LogP contribution in [0, 0.1) is 0 Å². The quantitative estimate of drug-likeness (QED) is 0.833. The number of sulfonamides is 1. The zero-order valence-electron chi connectivity index (χ0n) is 10.9. The molecule has 1 atom stereocenters. The SMILES string of the molecule is CC(CNS(=O)(=O)c1ccc(CO)cn1)c1nccs1. The molecule has 108 valence electrons. The Balaban J connectivity index is 2.03. The Labute approximate surface area is 121 Å². The third-order valence-corrected chi connectivity index (χ3v) is 5.05. The van der Waals surface area contributed by atoms with Crippen molar-refractivity contribution in [2.75, 3.05) is 6.54 Å². The molecular weight excluding hydrogens is 298 g/mol. The average molecular weight is 313 g/mol. The van der Waals surface area contributed by atoms with Crippen LogP contribution in [-0.4, -0.2) is 30.0 Å². The van der Waals surface area contributed by atoms with Gasteiger partial charge in [0, 0.05) is 30.2 Å². The topological polar surface area (TPSA) is 92.2 Å². The van der Waals surface area contributed by atoms with Crippen LogP contribution < -0.4 is 4.72 Å². The Bertz CT molecular complexity index is 639. The van der Waals surface area contributed by atoms with Gasteiger partial charge in [0.25, 0.3) is 10.0 Å². The maximum Gasteiger partial charge on any atom is 0.258 e. The Hall–Kier alpha value is -1.35. The lowest BCUT2D eigenvalue weighted by Gasteiger charge is -2.10. The van der Waals surface area contributed by atoms with E-state index in [1.54, 1.807) is 6.20 Å². The Kier molecular flexibility index (Phi) is 4.81. The summed E-state index contributed by atoms with van der Waals surface area (Å²) in [5.41, 5.74) is 0.570. The molecule has 8 heteroatoms. The van der Waals surface area contributed by atoms with Crippen LogP contribution in [0.5, 0.6) is 0 Å². The summed E-state index contributed by atoms with van der Waals surface area (Å²) in [6.07, 6.45) is 3.04. The molecular formula is C12H15N3O3S2. The predicted molar refractivity (Wildman–Crippen MR) is 75.9 cm³/mol. The van der Waals surface area contributed by atoms with Gasteiger partial charge in [-0.2, -0.15) is 0 Å². The minimum Gasteiger partial charge on any atom is -0.392 e. The van der Waals surface area contributed by atoms with Gasteiger partial charge in [0.1, 0.15) is 0 Å². The van der Waals surface area contributed by atoms with Gasteiger partial charge in [0.05, 0.1) is 11.6 Å². The molecule has 0 radical (unpaired) electrons. The van der Waals surface area contributed by atoms with Crippen LogP contribution in [0.2, 0.25) is 0 Å². The van der Waals surface area contributed by atoms with Crippen molar-refractivity contribution in [2.24, 2.45) is 0 Å². The number of aromatic nitrogens is 2.